The molecular weight excluding hydrogens is 302 g/mol. The smallest absolute Gasteiger partial charge is 0.311 e. The van der Waals surface area contributed by atoms with E-state index in [0.29, 0.717) is 5.56 Å². The molecule has 2 atom stereocenters. The molecule has 2 aliphatic rings. The molecule has 1 fully saturated rings. The number of nitrogens with zero attached hydrogens (tertiary/aromatic N) is 1. The first-order chi connectivity index (χ1) is 11.6. The Labute approximate surface area is 143 Å². The maximum absolute atomic E-state index is 12.8. The Bertz CT molecular complexity index is 625. The minimum absolute atomic E-state index is 0.0279. The van der Waals surface area contributed by atoms with Gasteiger partial charge in [-0.15, -0.1) is 0 Å². The number of aliphatic carboxylic acids is 1. The van der Waals surface area contributed by atoms with Gasteiger partial charge in [0.15, 0.2) is 0 Å². The summed E-state index contributed by atoms with van der Waals surface area (Å²) in [5.41, 5.74) is 0.916. The third-order valence-electron chi connectivity index (χ3n) is 5.45. The van der Waals surface area contributed by atoms with Gasteiger partial charge in [-0.2, -0.15) is 0 Å². The molecule has 1 aliphatic heterocycles. The quantitative estimate of drug-likeness (QED) is 0.860. The van der Waals surface area contributed by atoms with Gasteiger partial charge in [0.05, 0.1) is 5.92 Å². The Morgan fingerprint density at radius 2 is 1.96 bits per heavy atom. The number of amides is 1. The number of hydrogen-bond acceptors (Lipinski definition) is 2. The number of carboxylic acids is 1. The first kappa shape index (κ1) is 16.7. The summed E-state index contributed by atoms with van der Waals surface area (Å²) in [4.78, 5) is 26.3. The maximum atomic E-state index is 12.8. The molecule has 1 aliphatic carbocycles. The standard InChI is InChI=1S/C20H25NO3/c22-18(14-17(19(23)24)16-8-3-1-4-9-16)21-13-7-12-20(15-21)10-5-2-6-11-20/h1-5,8-9,17H,6-7,10-15H2,(H,23,24). The van der Waals surface area contributed by atoms with Crippen LogP contribution in [0, 0.1) is 5.41 Å². The monoisotopic (exact) mass is 327 g/mol. The largest absolute Gasteiger partial charge is 0.481 e. The van der Waals surface area contributed by atoms with Crippen molar-refractivity contribution in [1.29, 1.82) is 0 Å². The Kier molecular flexibility index (Phi) is 5.03. The molecule has 1 amide bonds. The lowest BCUT2D eigenvalue weighted by molar-refractivity contribution is -0.144. The van der Waals surface area contributed by atoms with Gasteiger partial charge in [-0.1, -0.05) is 42.5 Å². The number of rotatable bonds is 4. The van der Waals surface area contributed by atoms with E-state index in [1.54, 1.807) is 12.1 Å². The van der Waals surface area contributed by atoms with Crippen LogP contribution in [-0.2, 0) is 9.59 Å². The highest BCUT2D eigenvalue weighted by atomic mass is 16.4. The SMILES string of the molecule is O=C(O)C(CC(=O)N1CCCC2(CC=CCC2)C1)c1ccccc1. The number of allylic oxidation sites excluding steroid dienone is 2. The van der Waals surface area contributed by atoms with Crippen LogP contribution in [0.4, 0.5) is 0 Å². The van der Waals surface area contributed by atoms with Gasteiger partial charge >= 0.3 is 5.97 Å². The Morgan fingerprint density at radius 3 is 2.62 bits per heavy atom. The lowest BCUT2D eigenvalue weighted by Crippen LogP contribution is -2.47. The van der Waals surface area contributed by atoms with E-state index < -0.39 is 11.9 Å². The fourth-order valence-electron chi connectivity index (χ4n) is 4.07. The molecule has 1 spiro atoms. The topological polar surface area (TPSA) is 57.6 Å². The zero-order chi connectivity index (χ0) is 17.0. The molecule has 0 saturated carbocycles. The summed E-state index contributed by atoms with van der Waals surface area (Å²) in [6, 6.07) is 9.07. The Morgan fingerprint density at radius 1 is 1.17 bits per heavy atom. The Balaban J connectivity index is 1.69. The van der Waals surface area contributed by atoms with Crippen LogP contribution >= 0.6 is 0 Å². The van der Waals surface area contributed by atoms with Gasteiger partial charge in [-0.3, -0.25) is 9.59 Å². The zero-order valence-corrected chi connectivity index (χ0v) is 14.0. The molecule has 1 aromatic rings. The van der Waals surface area contributed by atoms with E-state index in [-0.39, 0.29) is 17.7 Å². The van der Waals surface area contributed by atoms with Crippen LogP contribution in [0.15, 0.2) is 42.5 Å². The molecule has 3 rings (SSSR count). The van der Waals surface area contributed by atoms with E-state index in [9.17, 15) is 14.7 Å². The van der Waals surface area contributed by atoms with E-state index in [4.69, 9.17) is 0 Å². The van der Waals surface area contributed by atoms with E-state index >= 15 is 0 Å². The zero-order valence-electron chi connectivity index (χ0n) is 14.0. The minimum atomic E-state index is -0.929. The van der Waals surface area contributed by atoms with Crippen LogP contribution in [0.5, 0.6) is 0 Å². The molecule has 1 aromatic carbocycles. The number of piperidine rings is 1. The highest BCUT2D eigenvalue weighted by Crippen LogP contribution is 2.41. The molecule has 0 aromatic heterocycles. The third-order valence-corrected chi connectivity index (χ3v) is 5.45. The van der Waals surface area contributed by atoms with Gasteiger partial charge in [0.25, 0.3) is 0 Å². The predicted octanol–water partition coefficient (Wildman–Crippen LogP) is 3.59. The van der Waals surface area contributed by atoms with Gasteiger partial charge in [-0.05, 0) is 43.1 Å². The van der Waals surface area contributed by atoms with Crippen LogP contribution in [0.1, 0.15) is 50.0 Å². The molecule has 2 unspecified atom stereocenters. The molecule has 0 radical (unpaired) electrons. The molecule has 1 saturated heterocycles. The highest BCUT2D eigenvalue weighted by molar-refractivity contribution is 5.85. The van der Waals surface area contributed by atoms with Crippen LogP contribution < -0.4 is 0 Å². The van der Waals surface area contributed by atoms with Crippen molar-refractivity contribution < 1.29 is 14.7 Å². The average Bonchev–Trinajstić information content (AvgIpc) is 2.60. The highest BCUT2D eigenvalue weighted by Gasteiger charge is 2.37. The van der Waals surface area contributed by atoms with Crippen molar-refractivity contribution in [2.45, 2.75) is 44.4 Å². The fraction of sp³-hybridized carbons (Fsp3) is 0.500. The van der Waals surface area contributed by atoms with Crippen molar-refractivity contribution in [3.8, 4) is 0 Å². The van der Waals surface area contributed by atoms with E-state index in [2.05, 4.69) is 12.2 Å². The van der Waals surface area contributed by atoms with Crippen molar-refractivity contribution in [1.82, 2.24) is 4.90 Å². The number of carboxylic acid groups (broad SMARTS) is 1. The van der Waals surface area contributed by atoms with Crippen molar-refractivity contribution in [2.24, 2.45) is 5.41 Å². The summed E-state index contributed by atoms with van der Waals surface area (Å²) in [5, 5.41) is 9.54. The number of likely N-dealkylation sites (tertiary alicyclic amines) is 1. The normalized spacial score (nSPS) is 24.8. The second kappa shape index (κ2) is 7.20. The van der Waals surface area contributed by atoms with E-state index in [1.165, 1.54) is 6.42 Å². The second-order valence-electron chi connectivity index (χ2n) is 7.14. The molecule has 4 nitrogen and oxygen atoms in total. The summed E-state index contributed by atoms with van der Waals surface area (Å²) in [6.45, 7) is 1.53. The van der Waals surface area contributed by atoms with Crippen LogP contribution in [0.3, 0.4) is 0 Å². The van der Waals surface area contributed by atoms with Crippen LogP contribution in [0.25, 0.3) is 0 Å². The van der Waals surface area contributed by atoms with Crippen molar-refractivity contribution in [3.05, 3.63) is 48.0 Å². The minimum Gasteiger partial charge on any atom is -0.481 e. The number of carbonyl (C=O) groups excluding carboxylic acids is 1. The number of carbonyl (C=O) groups is 2. The molecule has 24 heavy (non-hydrogen) atoms. The summed E-state index contributed by atoms with van der Waals surface area (Å²) in [7, 11) is 0. The fourth-order valence-corrected chi connectivity index (χ4v) is 4.07. The second-order valence-corrected chi connectivity index (χ2v) is 7.14. The predicted molar refractivity (Wildman–Crippen MR) is 92.7 cm³/mol. The number of hydrogen-bond donors (Lipinski definition) is 1. The van der Waals surface area contributed by atoms with Gasteiger partial charge in [0.1, 0.15) is 0 Å². The average molecular weight is 327 g/mol. The van der Waals surface area contributed by atoms with Crippen LogP contribution in [0.2, 0.25) is 0 Å². The molecule has 1 N–H and O–H groups in total. The first-order valence-corrected chi connectivity index (χ1v) is 8.80. The lowest BCUT2D eigenvalue weighted by Gasteiger charge is -2.44. The first-order valence-electron chi connectivity index (χ1n) is 8.80. The summed E-state index contributed by atoms with van der Waals surface area (Å²) in [6.07, 6.45) is 9.95. The lowest BCUT2D eigenvalue weighted by atomic mass is 9.71. The summed E-state index contributed by atoms with van der Waals surface area (Å²) in [5.74, 6) is -1.72. The van der Waals surface area contributed by atoms with E-state index in [1.807, 2.05) is 23.1 Å². The molecule has 4 heteroatoms. The van der Waals surface area contributed by atoms with Gasteiger partial charge in [-0.25, -0.2) is 0 Å². The molecular formula is C20H25NO3. The van der Waals surface area contributed by atoms with Crippen molar-refractivity contribution in [2.75, 3.05) is 13.1 Å². The van der Waals surface area contributed by atoms with Crippen molar-refractivity contribution in [3.63, 3.8) is 0 Å². The maximum Gasteiger partial charge on any atom is 0.311 e. The van der Waals surface area contributed by atoms with Crippen LogP contribution in [-0.4, -0.2) is 35.0 Å². The summed E-state index contributed by atoms with van der Waals surface area (Å²) < 4.78 is 0. The van der Waals surface area contributed by atoms with Gasteiger partial charge in [0.2, 0.25) is 5.91 Å². The summed E-state index contributed by atoms with van der Waals surface area (Å²) >= 11 is 0. The van der Waals surface area contributed by atoms with Gasteiger partial charge < -0.3 is 10.0 Å². The van der Waals surface area contributed by atoms with Gasteiger partial charge in [0, 0.05) is 19.5 Å². The van der Waals surface area contributed by atoms with Crippen molar-refractivity contribution >= 4 is 11.9 Å². The number of benzene rings is 1. The molecule has 1 heterocycles. The molecule has 128 valence electrons. The Hall–Kier alpha value is -2.10. The van der Waals surface area contributed by atoms with E-state index in [0.717, 1.165) is 38.8 Å². The molecule has 0 bridgehead atoms. The third kappa shape index (κ3) is 3.69.